The van der Waals surface area contributed by atoms with Gasteiger partial charge in [0.1, 0.15) is 5.75 Å². The Hall–Kier alpha value is -2.38. The Kier molecular flexibility index (Phi) is 6.39. The van der Waals surface area contributed by atoms with Gasteiger partial charge in [0.15, 0.2) is 0 Å². The van der Waals surface area contributed by atoms with Crippen LogP contribution in [0.15, 0.2) is 47.4 Å². The summed E-state index contributed by atoms with van der Waals surface area (Å²) in [7, 11) is -2.31. The van der Waals surface area contributed by atoms with Crippen LogP contribution in [-0.4, -0.2) is 21.4 Å². The first-order valence-electron chi connectivity index (χ1n) is 8.31. The summed E-state index contributed by atoms with van der Waals surface area (Å²) in [6.45, 7) is 5.25. The molecule has 26 heavy (non-hydrogen) atoms. The number of rotatable bonds is 7. The fourth-order valence-corrected chi connectivity index (χ4v) is 3.92. The van der Waals surface area contributed by atoms with Gasteiger partial charge >= 0.3 is 0 Å². The van der Waals surface area contributed by atoms with E-state index >= 15 is 0 Å². The Morgan fingerprint density at radius 1 is 1.15 bits per heavy atom. The van der Waals surface area contributed by atoms with Gasteiger partial charge in [-0.25, -0.2) is 13.1 Å². The highest BCUT2D eigenvalue weighted by atomic mass is 32.2. The summed E-state index contributed by atoms with van der Waals surface area (Å²) < 4.78 is 33.5. The number of amides is 1. The molecule has 0 saturated heterocycles. The van der Waals surface area contributed by atoms with Crippen molar-refractivity contribution >= 4 is 21.6 Å². The molecule has 0 saturated carbocycles. The van der Waals surface area contributed by atoms with Crippen molar-refractivity contribution in [1.29, 1.82) is 0 Å². The lowest BCUT2D eigenvalue weighted by Gasteiger charge is -2.18. The maximum absolute atomic E-state index is 12.8. The summed E-state index contributed by atoms with van der Waals surface area (Å²) in [4.78, 5) is 11.4. The molecule has 0 heterocycles. The van der Waals surface area contributed by atoms with Crippen LogP contribution >= 0.6 is 0 Å². The number of benzene rings is 2. The molecule has 0 spiro atoms. The third-order valence-electron chi connectivity index (χ3n) is 3.98. The third kappa shape index (κ3) is 4.83. The molecule has 1 atom stereocenters. The quantitative estimate of drug-likeness (QED) is 0.776. The average molecular weight is 376 g/mol. The van der Waals surface area contributed by atoms with Crippen LogP contribution in [0.2, 0.25) is 0 Å². The topological polar surface area (TPSA) is 84.5 Å². The van der Waals surface area contributed by atoms with Crippen LogP contribution in [0.1, 0.15) is 37.4 Å². The molecule has 6 nitrogen and oxygen atoms in total. The summed E-state index contributed by atoms with van der Waals surface area (Å²) in [6.07, 6.45) is 0.608. The monoisotopic (exact) mass is 376 g/mol. The van der Waals surface area contributed by atoms with E-state index in [9.17, 15) is 13.2 Å². The van der Waals surface area contributed by atoms with E-state index in [1.165, 1.54) is 32.2 Å². The molecule has 0 aliphatic carbocycles. The number of ether oxygens (including phenoxy) is 1. The van der Waals surface area contributed by atoms with Crippen LogP contribution in [0.5, 0.6) is 5.75 Å². The van der Waals surface area contributed by atoms with E-state index in [2.05, 4.69) is 10.0 Å². The van der Waals surface area contributed by atoms with Gasteiger partial charge in [0.2, 0.25) is 15.9 Å². The molecule has 0 bridgehead atoms. The Morgan fingerprint density at radius 2 is 1.81 bits per heavy atom. The largest absolute Gasteiger partial charge is 0.495 e. The minimum absolute atomic E-state index is 0.0626. The van der Waals surface area contributed by atoms with Crippen molar-refractivity contribution in [2.45, 2.75) is 38.1 Å². The van der Waals surface area contributed by atoms with Crippen molar-refractivity contribution in [1.82, 2.24) is 4.72 Å². The van der Waals surface area contributed by atoms with Crippen molar-refractivity contribution in [2.75, 3.05) is 12.4 Å². The van der Waals surface area contributed by atoms with Gasteiger partial charge in [0.05, 0.1) is 17.7 Å². The third-order valence-corrected chi connectivity index (χ3v) is 5.45. The highest BCUT2D eigenvalue weighted by Gasteiger charge is 2.22. The molecule has 1 amide bonds. The fraction of sp³-hybridized carbons (Fsp3) is 0.316. The smallest absolute Gasteiger partial charge is 0.241 e. The lowest BCUT2D eigenvalue weighted by Crippen LogP contribution is -2.28. The first kappa shape index (κ1) is 19.9. The zero-order valence-electron chi connectivity index (χ0n) is 15.4. The molecule has 0 aromatic heterocycles. The minimum Gasteiger partial charge on any atom is -0.495 e. The zero-order chi connectivity index (χ0) is 19.3. The van der Waals surface area contributed by atoms with Crippen molar-refractivity contribution in [3.8, 4) is 5.75 Å². The van der Waals surface area contributed by atoms with Crippen molar-refractivity contribution < 1.29 is 17.9 Å². The molecule has 2 N–H and O–H groups in total. The van der Waals surface area contributed by atoms with Crippen LogP contribution in [0.3, 0.4) is 0 Å². The summed E-state index contributed by atoms with van der Waals surface area (Å²) in [6, 6.07) is 11.8. The summed E-state index contributed by atoms with van der Waals surface area (Å²) in [5.74, 6) is 0.0848. The number of nitrogens with one attached hydrogen (secondary N) is 2. The average Bonchev–Trinajstić information content (AvgIpc) is 2.60. The van der Waals surface area contributed by atoms with Crippen molar-refractivity contribution in [2.24, 2.45) is 0 Å². The first-order chi connectivity index (χ1) is 12.3. The SMILES string of the molecule is CC[C@@H](NS(=O)(=O)c1ccc(OC)c(NC(C)=O)c1)c1ccc(C)cc1. The number of methoxy groups -OCH3 is 1. The van der Waals surface area contributed by atoms with E-state index in [0.717, 1.165) is 11.1 Å². The molecule has 0 fully saturated rings. The van der Waals surface area contributed by atoms with Gasteiger partial charge in [0, 0.05) is 13.0 Å². The normalized spacial score (nSPS) is 12.5. The van der Waals surface area contributed by atoms with Crippen LogP contribution in [0.4, 0.5) is 5.69 Å². The Balaban J connectivity index is 2.33. The van der Waals surface area contributed by atoms with Crippen LogP contribution in [0, 0.1) is 6.92 Å². The molecule has 140 valence electrons. The van der Waals surface area contributed by atoms with Gasteiger partial charge in [-0.2, -0.15) is 0 Å². The molecule has 7 heteroatoms. The molecular formula is C19H24N2O4S. The Morgan fingerprint density at radius 3 is 2.35 bits per heavy atom. The molecule has 0 radical (unpaired) electrons. The summed E-state index contributed by atoms with van der Waals surface area (Å²) >= 11 is 0. The minimum atomic E-state index is -3.77. The van der Waals surface area contributed by atoms with E-state index < -0.39 is 10.0 Å². The van der Waals surface area contributed by atoms with Gasteiger partial charge in [-0.3, -0.25) is 4.79 Å². The first-order valence-corrected chi connectivity index (χ1v) is 9.79. The molecule has 2 rings (SSSR count). The van der Waals surface area contributed by atoms with Gasteiger partial charge in [-0.1, -0.05) is 36.8 Å². The lowest BCUT2D eigenvalue weighted by atomic mass is 10.0. The van der Waals surface area contributed by atoms with Crippen LogP contribution in [-0.2, 0) is 14.8 Å². The van der Waals surface area contributed by atoms with Crippen LogP contribution < -0.4 is 14.8 Å². The van der Waals surface area contributed by atoms with Gasteiger partial charge in [-0.05, 0) is 37.1 Å². The lowest BCUT2D eigenvalue weighted by molar-refractivity contribution is -0.114. The second-order valence-corrected chi connectivity index (χ2v) is 7.75. The van der Waals surface area contributed by atoms with Crippen molar-refractivity contribution in [3.63, 3.8) is 0 Å². The molecule has 0 aliphatic rings. The van der Waals surface area contributed by atoms with Gasteiger partial charge < -0.3 is 10.1 Å². The second kappa shape index (κ2) is 8.33. The molecule has 2 aromatic carbocycles. The summed E-state index contributed by atoms with van der Waals surface area (Å²) in [5.41, 5.74) is 2.32. The number of hydrogen-bond donors (Lipinski definition) is 2. The second-order valence-electron chi connectivity index (χ2n) is 6.04. The maximum atomic E-state index is 12.8. The Labute approximate surface area is 154 Å². The van der Waals surface area contributed by atoms with Gasteiger partial charge in [0.25, 0.3) is 0 Å². The molecule has 0 aliphatic heterocycles. The maximum Gasteiger partial charge on any atom is 0.241 e. The van der Waals surface area contributed by atoms with E-state index in [1.54, 1.807) is 0 Å². The van der Waals surface area contributed by atoms with Gasteiger partial charge in [-0.15, -0.1) is 0 Å². The highest BCUT2D eigenvalue weighted by molar-refractivity contribution is 7.89. The van der Waals surface area contributed by atoms with E-state index in [1.807, 2.05) is 38.1 Å². The zero-order valence-corrected chi connectivity index (χ0v) is 16.2. The number of aryl methyl sites for hydroxylation is 1. The number of anilines is 1. The Bertz CT molecular complexity index is 877. The predicted octanol–water partition coefficient (Wildman–Crippen LogP) is 3.39. The van der Waals surface area contributed by atoms with E-state index in [4.69, 9.17) is 4.74 Å². The molecule has 2 aromatic rings. The number of carbonyl (C=O) groups excluding carboxylic acids is 1. The standard InChI is InChI=1S/C19H24N2O4S/c1-5-17(15-8-6-13(2)7-9-15)21-26(23,24)16-10-11-19(25-4)18(12-16)20-14(3)22/h6-12,17,21H,5H2,1-4H3,(H,20,22)/t17-/m1/s1. The summed E-state index contributed by atoms with van der Waals surface area (Å²) in [5, 5.41) is 2.59. The molecule has 0 unspecified atom stereocenters. The van der Waals surface area contributed by atoms with E-state index in [0.29, 0.717) is 17.9 Å². The van der Waals surface area contributed by atoms with Crippen molar-refractivity contribution in [3.05, 3.63) is 53.6 Å². The highest BCUT2D eigenvalue weighted by Crippen LogP contribution is 2.28. The predicted molar refractivity (Wildman–Crippen MR) is 102 cm³/mol. The van der Waals surface area contributed by atoms with E-state index in [-0.39, 0.29) is 16.8 Å². The number of hydrogen-bond acceptors (Lipinski definition) is 4. The van der Waals surface area contributed by atoms with Crippen LogP contribution in [0.25, 0.3) is 0 Å². The number of carbonyl (C=O) groups is 1. The number of sulfonamides is 1. The molecular weight excluding hydrogens is 352 g/mol. The fourth-order valence-electron chi connectivity index (χ4n) is 2.58.